The van der Waals surface area contributed by atoms with Crippen LogP contribution in [-0.4, -0.2) is 18.0 Å². The fourth-order valence-electron chi connectivity index (χ4n) is 2.09. The first-order chi connectivity index (χ1) is 7.31. The van der Waals surface area contributed by atoms with Crippen LogP contribution < -0.4 is 5.73 Å². The van der Waals surface area contributed by atoms with E-state index in [-0.39, 0.29) is 12.4 Å². The van der Waals surface area contributed by atoms with Gasteiger partial charge in [-0.2, -0.15) is 0 Å². The summed E-state index contributed by atoms with van der Waals surface area (Å²) in [6.45, 7) is 3.18. The standard InChI is InChI=1S/C12H17FN2/c13-12-10(8-14)4-3-5-11(12)9-15-6-1-2-7-15/h3-5H,1-2,6-9,14H2. The predicted molar refractivity (Wildman–Crippen MR) is 58.8 cm³/mol. The summed E-state index contributed by atoms with van der Waals surface area (Å²) in [5.41, 5.74) is 6.87. The molecule has 0 amide bonds. The molecule has 82 valence electrons. The van der Waals surface area contributed by atoms with Gasteiger partial charge in [0.25, 0.3) is 0 Å². The maximum Gasteiger partial charge on any atom is 0.132 e. The van der Waals surface area contributed by atoms with Crippen molar-refractivity contribution in [3.05, 3.63) is 35.1 Å². The van der Waals surface area contributed by atoms with E-state index in [0.717, 1.165) is 25.2 Å². The van der Waals surface area contributed by atoms with Crippen molar-refractivity contribution in [2.45, 2.75) is 25.9 Å². The van der Waals surface area contributed by atoms with Crippen LogP contribution in [0.15, 0.2) is 18.2 Å². The van der Waals surface area contributed by atoms with Gasteiger partial charge in [0.05, 0.1) is 0 Å². The van der Waals surface area contributed by atoms with Gasteiger partial charge in [-0.1, -0.05) is 18.2 Å². The first-order valence-corrected chi connectivity index (χ1v) is 5.50. The third-order valence-electron chi connectivity index (χ3n) is 2.97. The van der Waals surface area contributed by atoms with Gasteiger partial charge in [0, 0.05) is 24.2 Å². The summed E-state index contributed by atoms with van der Waals surface area (Å²) in [6.07, 6.45) is 2.47. The summed E-state index contributed by atoms with van der Waals surface area (Å²) in [5.74, 6) is -0.119. The molecular formula is C12H17FN2. The first kappa shape index (κ1) is 10.6. The van der Waals surface area contributed by atoms with Gasteiger partial charge in [-0.3, -0.25) is 4.90 Å². The van der Waals surface area contributed by atoms with Gasteiger partial charge in [-0.05, 0) is 25.9 Å². The summed E-state index contributed by atoms with van der Waals surface area (Å²) in [4.78, 5) is 2.29. The Morgan fingerprint density at radius 1 is 1.20 bits per heavy atom. The Bertz CT molecular complexity index is 332. The normalized spacial score (nSPS) is 17.2. The van der Waals surface area contributed by atoms with E-state index in [2.05, 4.69) is 4.90 Å². The molecule has 0 bridgehead atoms. The van der Waals surface area contributed by atoms with Crippen LogP contribution in [0.5, 0.6) is 0 Å². The lowest BCUT2D eigenvalue weighted by atomic mass is 10.1. The molecule has 0 atom stereocenters. The summed E-state index contributed by atoms with van der Waals surface area (Å²) in [5, 5.41) is 0. The van der Waals surface area contributed by atoms with Crippen molar-refractivity contribution < 1.29 is 4.39 Å². The van der Waals surface area contributed by atoms with E-state index in [4.69, 9.17) is 5.73 Å². The zero-order valence-electron chi connectivity index (χ0n) is 8.88. The topological polar surface area (TPSA) is 29.3 Å². The average Bonchev–Trinajstić information content (AvgIpc) is 2.74. The van der Waals surface area contributed by atoms with Crippen LogP contribution in [0.25, 0.3) is 0 Å². The van der Waals surface area contributed by atoms with E-state index in [1.807, 2.05) is 12.1 Å². The molecule has 2 rings (SSSR count). The van der Waals surface area contributed by atoms with E-state index in [1.165, 1.54) is 12.8 Å². The third-order valence-corrected chi connectivity index (χ3v) is 2.97. The fraction of sp³-hybridized carbons (Fsp3) is 0.500. The van der Waals surface area contributed by atoms with E-state index in [9.17, 15) is 4.39 Å². The van der Waals surface area contributed by atoms with Crippen molar-refractivity contribution in [2.75, 3.05) is 13.1 Å². The third kappa shape index (κ3) is 2.36. The quantitative estimate of drug-likeness (QED) is 0.821. The van der Waals surface area contributed by atoms with Crippen LogP contribution in [0.1, 0.15) is 24.0 Å². The van der Waals surface area contributed by atoms with Gasteiger partial charge in [0.1, 0.15) is 5.82 Å². The molecular weight excluding hydrogens is 191 g/mol. The number of hydrogen-bond donors (Lipinski definition) is 1. The van der Waals surface area contributed by atoms with Crippen LogP contribution in [0, 0.1) is 5.82 Å². The van der Waals surface area contributed by atoms with Crippen LogP contribution in [-0.2, 0) is 13.1 Å². The summed E-state index contributed by atoms with van der Waals surface area (Å²) in [7, 11) is 0. The van der Waals surface area contributed by atoms with E-state index in [0.29, 0.717) is 5.56 Å². The van der Waals surface area contributed by atoms with Crippen molar-refractivity contribution in [1.82, 2.24) is 4.90 Å². The maximum absolute atomic E-state index is 13.8. The molecule has 1 aromatic rings. The average molecular weight is 208 g/mol. The molecule has 1 saturated heterocycles. The lowest BCUT2D eigenvalue weighted by Gasteiger charge is -2.15. The van der Waals surface area contributed by atoms with Crippen LogP contribution in [0.3, 0.4) is 0 Å². The van der Waals surface area contributed by atoms with Crippen LogP contribution in [0.4, 0.5) is 4.39 Å². The van der Waals surface area contributed by atoms with Crippen molar-refractivity contribution >= 4 is 0 Å². The molecule has 2 nitrogen and oxygen atoms in total. The van der Waals surface area contributed by atoms with Gasteiger partial charge < -0.3 is 5.73 Å². The van der Waals surface area contributed by atoms with Crippen molar-refractivity contribution in [3.63, 3.8) is 0 Å². The summed E-state index contributed by atoms with van der Waals surface area (Å²) in [6, 6.07) is 5.49. The molecule has 15 heavy (non-hydrogen) atoms. The van der Waals surface area contributed by atoms with Gasteiger partial charge in [0.2, 0.25) is 0 Å². The maximum atomic E-state index is 13.8. The second-order valence-electron chi connectivity index (χ2n) is 4.08. The minimum absolute atomic E-state index is 0.119. The SMILES string of the molecule is NCc1cccc(CN2CCCC2)c1F. The number of likely N-dealkylation sites (tertiary alicyclic amines) is 1. The van der Waals surface area contributed by atoms with Crippen molar-refractivity contribution in [1.29, 1.82) is 0 Å². The van der Waals surface area contributed by atoms with Gasteiger partial charge in [-0.25, -0.2) is 4.39 Å². The second kappa shape index (κ2) is 4.73. The largest absolute Gasteiger partial charge is 0.326 e. The van der Waals surface area contributed by atoms with Crippen molar-refractivity contribution in [2.24, 2.45) is 5.73 Å². The molecule has 1 aromatic carbocycles. The lowest BCUT2D eigenvalue weighted by molar-refractivity contribution is 0.325. The monoisotopic (exact) mass is 208 g/mol. The van der Waals surface area contributed by atoms with Gasteiger partial charge >= 0.3 is 0 Å². The highest BCUT2D eigenvalue weighted by Crippen LogP contribution is 2.17. The van der Waals surface area contributed by atoms with Crippen LogP contribution in [0.2, 0.25) is 0 Å². The zero-order chi connectivity index (χ0) is 10.7. The zero-order valence-corrected chi connectivity index (χ0v) is 8.88. The van der Waals surface area contributed by atoms with Gasteiger partial charge in [0.15, 0.2) is 0 Å². The number of nitrogens with two attached hydrogens (primary N) is 1. The van der Waals surface area contributed by atoms with E-state index < -0.39 is 0 Å². The second-order valence-corrected chi connectivity index (χ2v) is 4.08. The highest BCUT2D eigenvalue weighted by Gasteiger charge is 2.14. The molecule has 1 fully saturated rings. The highest BCUT2D eigenvalue weighted by molar-refractivity contribution is 5.25. The molecule has 0 aliphatic carbocycles. The predicted octanol–water partition coefficient (Wildman–Crippen LogP) is 1.88. The Hall–Kier alpha value is -0.930. The highest BCUT2D eigenvalue weighted by atomic mass is 19.1. The molecule has 0 radical (unpaired) electrons. The number of benzene rings is 1. The lowest BCUT2D eigenvalue weighted by Crippen LogP contribution is -2.19. The molecule has 0 spiro atoms. The minimum Gasteiger partial charge on any atom is -0.326 e. The Morgan fingerprint density at radius 2 is 1.87 bits per heavy atom. The molecule has 1 aliphatic heterocycles. The molecule has 0 saturated carbocycles. The summed E-state index contributed by atoms with van der Waals surface area (Å²) < 4.78 is 13.8. The van der Waals surface area contributed by atoms with Gasteiger partial charge in [-0.15, -0.1) is 0 Å². The smallest absolute Gasteiger partial charge is 0.132 e. The molecule has 1 heterocycles. The van der Waals surface area contributed by atoms with E-state index in [1.54, 1.807) is 6.07 Å². The Kier molecular flexibility index (Phi) is 3.34. The fourth-order valence-corrected chi connectivity index (χ4v) is 2.09. The molecule has 0 unspecified atom stereocenters. The number of halogens is 1. The van der Waals surface area contributed by atoms with Crippen LogP contribution >= 0.6 is 0 Å². The first-order valence-electron chi connectivity index (χ1n) is 5.50. The van der Waals surface area contributed by atoms with Crippen molar-refractivity contribution in [3.8, 4) is 0 Å². The molecule has 2 N–H and O–H groups in total. The number of nitrogens with zero attached hydrogens (tertiary/aromatic N) is 1. The number of rotatable bonds is 3. The Labute approximate surface area is 89.9 Å². The Morgan fingerprint density at radius 3 is 2.53 bits per heavy atom. The summed E-state index contributed by atoms with van der Waals surface area (Å²) >= 11 is 0. The molecule has 3 heteroatoms. The van der Waals surface area contributed by atoms with E-state index >= 15 is 0 Å². The molecule has 0 aromatic heterocycles. The minimum atomic E-state index is -0.119. The Balaban J connectivity index is 2.13. The number of hydrogen-bond acceptors (Lipinski definition) is 2. The molecule has 1 aliphatic rings.